The number of hydrogen-bond acceptors (Lipinski definition) is 4. The molecule has 1 aliphatic heterocycles. The third-order valence-electron chi connectivity index (χ3n) is 2.52. The van der Waals surface area contributed by atoms with Gasteiger partial charge in [0.1, 0.15) is 5.69 Å². The second kappa shape index (κ2) is 3.86. The molecule has 1 fully saturated rings. The summed E-state index contributed by atoms with van der Waals surface area (Å²) in [5, 5.41) is 0. The summed E-state index contributed by atoms with van der Waals surface area (Å²) in [6.07, 6.45) is 2.35. The third-order valence-corrected chi connectivity index (χ3v) is 2.52. The van der Waals surface area contributed by atoms with Crippen LogP contribution < -0.4 is 11.5 Å². The number of carbonyl (C=O) groups excluding carboxylic acids is 1. The van der Waals surface area contributed by atoms with Crippen LogP contribution in [-0.4, -0.2) is 34.9 Å². The van der Waals surface area contributed by atoms with E-state index in [4.69, 9.17) is 11.5 Å². The van der Waals surface area contributed by atoms with E-state index in [2.05, 4.69) is 4.98 Å². The monoisotopic (exact) mass is 206 g/mol. The largest absolute Gasteiger partial charge is 0.397 e. The van der Waals surface area contributed by atoms with Crippen molar-refractivity contribution in [1.82, 2.24) is 9.88 Å². The first-order valence-corrected chi connectivity index (χ1v) is 4.93. The molecular formula is C10H14N4O. The van der Waals surface area contributed by atoms with Gasteiger partial charge in [0, 0.05) is 19.1 Å². The van der Waals surface area contributed by atoms with E-state index in [-0.39, 0.29) is 11.9 Å². The van der Waals surface area contributed by atoms with Crippen molar-refractivity contribution in [3.63, 3.8) is 0 Å². The average Bonchev–Trinajstić information content (AvgIpc) is 2.65. The molecular weight excluding hydrogens is 192 g/mol. The van der Waals surface area contributed by atoms with Gasteiger partial charge in [0.15, 0.2) is 0 Å². The number of carbonyl (C=O) groups is 1. The molecule has 1 aromatic heterocycles. The molecule has 15 heavy (non-hydrogen) atoms. The van der Waals surface area contributed by atoms with Crippen LogP contribution in [0.5, 0.6) is 0 Å². The fourth-order valence-corrected chi connectivity index (χ4v) is 1.67. The number of likely N-dealkylation sites (tertiary alicyclic amines) is 1. The van der Waals surface area contributed by atoms with Gasteiger partial charge in [-0.3, -0.25) is 4.79 Å². The van der Waals surface area contributed by atoms with Crippen LogP contribution in [0.3, 0.4) is 0 Å². The topological polar surface area (TPSA) is 85.2 Å². The molecule has 80 valence electrons. The number of hydrogen-bond donors (Lipinski definition) is 2. The molecule has 0 aromatic carbocycles. The van der Waals surface area contributed by atoms with Gasteiger partial charge in [0.25, 0.3) is 5.91 Å². The van der Waals surface area contributed by atoms with Crippen molar-refractivity contribution >= 4 is 11.6 Å². The lowest BCUT2D eigenvalue weighted by molar-refractivity contribution is 0.0785. The van der Waals surface area contributed by atoms with Crippen LogP contribution >= 0.6 is 0 Å². The average molecular weight is 206 g/mol. The summed E-state index contributed by atoms with van der Waals surface area (Å²) >= 11 is 0. The smallest absolute Gasteiger partial charge is 0.272 e. The molecule has 4 N–H and O–H groups in total. The molecule has 1 atom stereocenters. The Hall–Kier alpha value is -1.62. The molecule has 1 aromatic rings. The van der Waals surface area contributed by atoms with Crippen molar-refractivity contribution < 1.29 is 4.79 Å². The standard InChI is InChI=1S/C10H14N4O/c11-7-1-2-9(13-5-7)10(15)14-4-3-8(12)6-14/h1-2,5,8H,3-4,6,11-12H2. The molecule has 2 rings (SSSR count). The van der Waals surface area contributed by atoms with Gasteiger partial charge < -0.3 is 16.4 Å². The zero-order valence-corrected chi connectivity index (χ0v) is 8.39. The lowest BCUT2D eigenvalue weighted by Gasteiger charge is -2.14. The quantitative estimate of drug-likeness (QED) is 0.668. The molecule has 5 heteroatoms. The minimum atomic E-state index is -0.0667. The van der Waals surface area contributed by atoms with Crippen molar-refractivity contribution in [2.24, 2.45) is 5.73 Å². The minimum Gasteiger partial charge on any atom is -0.397 e. The number of nitrogen functional groups attached to an aromatic ring is 1. The van der Waals surface area contributed by atoms with Crippen LogP contribution in [0, 0.1) is 0 Å². The SMILES string of the molecule is Nc1ccc(C(=O)N2CCC(N)C2)nc1. The summed E-state index contributed by atoms with van der Waals surface area (Å²) in [5.74, 6) is -0.0667. The van der Waals surface area contributed by atoms with Crippen molar-refractivity contribution in [2.75, 3.05) is 18.8 Å². The normalized spacial score (nSPS) is 20.6. The van der Waals surface area contributed by atoms with Crippen LogP contribution in [0.1, 0.15) is 16.9 Å². The van der Waals surface area contributed by atoms with E-state index in [0.717, 1.165) is 6.42 Å². The van der Waals surface area contributed by atoms with E-state index in [1.165, 1.54) is 6.20 Å². The number of pyridine rings is 1. The van der Waals surface area contributed by atoms with Gasteiger partial charge in [-0.25, -0.2) is 4.98 Å². The molecule has 0 bridgehead atoms. The van der Waals surface area contributed by atoms with Gasteiger partial charge in [-0.15, -0.1) is 0 Å². The molecule has 1 unspecified atom stereocenters. The number of rotatable bonds is 1. The Balaban J connectivity index is 2.11. The minimum absolute atomic E-state index is 0.0667. The van der Waals surface area contributed by atoms with Crippen LogP contribution in [0.25, 0.3) is 0 Å². The first-order chi connectivity index (χ1) is 7.16. The van der Waals surface area contributed by atoms with Gasteiger partial charge >= 0.3 is 0 Å². The molecule has 0 aliphatic carbocycles. The lowest BCUT2D eigenvalue weighted by atomic mass is 10.3. The Labute approximate surface area is 88.1 Å². The molecule has 2 heterocycles. The van der Waals surface area contributed by atoms with Gasteiger partial charge in [-0.1, -0.05) is 0 Å². The highest BCUT2D eigenvalue weighted by molar-refractivity contribution is 5.92. The number of amides is 1. The van der Waals surface area contributed by atoms with Gasteiger partial charge in [0.05, 0.1) is 11.9 Å². The number of aromatic nitrogens is 1. The fraction of sp³-hybridized carbons (Fsp3) is 0.400. The van der Waals surface area contributed by atoms with Crippen molar-refractivity contribution in [3.05, 3.63) is 24.0 Å². The first kappa shape index (κ1) is 9.92. The number of anilines is 1. The Morgan fingerprint density at radius 2 is 2.33 bits per heavy atom. The predicted molar refractivity (Wildman–Crippen MR) is 57.1 cm³/mol. The Morgan fingerprint density at radius 3 is 2.87 bits per heavy atom. The summed E-state index contributed by atoms with van der Waals surface area (Å²) < 4.78 is 0. The number of nitrogens with two attached hydrogens (primary N) is 2. The molecule has 1 amide bonds. The van der Waals surface area contributed by atoms with E-state index in [1.54, 1.807) is 17.0 Å². The third kappa shape index (κ3) is 2.07. The van der Waals surface area contributed by atoms with E-state index in [0.29, 0.717) is 24.5 Å². The maximum atomic E-state index is 11.9. The molecule has 1 saturated heterocycles. The second-order valence-corrected chi connectivity index (χ2v) is 3.78. The molecule has 5 nitrogen and oxygen atoms in total. The van der Waals surface area contributed by atoms with Crippen LogP contribution in [0.15, 0.2) is 18.3 Å². The van der Waals surface area contributed by atoms with Crippen LogP contribution in [0.4, 0.5) is 5.69 Å². The molecule has 1 aliphatic rings. The summed E-state index contributed by atoms with van der Waals surface area (Å²) in [4.78, 5) is 17.6. The first-order valence-electron chi connectivity index (χ1n) is 4.93. The van der Waals surface area contributed by atoms with Gasteiger partial charge in [-0.2, -0.15) is 0 Å². The maximum Gasteiger partial charge on any atom is 0.272 e. The maximum absolute atomic E-state index is 11.9. The van der Waals surface area contributed by atoms with Crippen molar-refractivity contribution in [1.29, 1.82) is 0 Å². The zero-order valence-electron chi connectivity index (χ0n) is 8.39. The summed E-state index contributed by atoms with van der Waals surface area (Å²) in [6.45, 7) is 1.33. The lowest BCUT2D eigenvalue weighted by Crippen LogP contribution is -2.32. The summed E-state index contributed by atoms with van der Waals surface area (Å²) in [7, 11) is 0. The number of nitrogens with zero attached hydrogens (tertiary/aromatic N) is 2. The highest BCUT2D eigenvalue weighted by atomic mass is 16.2. The molecule has 0 spiro atoms. The summed E-state index contributed by atoms with van der Waals surface area (Å²) in [6, 6.07) is 3.42. The second-order valence-electron chi connectivity index (χ2n) is 3.78. The highest BCUT2D eigenvalue weighted by Crippen LogP contribution is 2.11. The Morgan fingerprint density at radius 1 is 1.53 bits per heavy atom. The summed E-state index contributed by atoms with van der Waals surface area (Å²) in [5.41, 5.74) is 12.2. The zero-order chi connectivity index (χ0) is 10.8. The Kier molecular flexibility index (Phi) is 2.55. The van der Waals surface area contributed by atoms with Crippen molar-refractivity contribution in [2.45, 2.75) is 12.5 Å². The van der Waals surface area contributed by atoms with Crippen LogP contribution in [0.2, 0.25) is 0 Å². The van der Waals surface area contributed by atoms with Crippen molar-refractivity contribution in [3.8, 4) is 0 Å². The van der Waals surface area contributed by atoms with E-state index in [9.17, 15) is 4.79 Å². The van der Waals surface area contributed by atoms with E-state index in [1.807, 2.05) is 0 Å². The van der Waals surface area contributed by atoms with Crippen LogP contribution in [-0.2, 0) is 0 Å². The van der Waals surface area contributed by atoms with E-state index >= 15 is 0 Å². The molecule has 0 radical (unpaired) electrons. The predicted octanol–water partition coefficient (Wildman–Crippen LogP) is -0.163. The highest BCUT2D eigenvalue weighted by Gasteiger charge is 2.24. The Bertz CT molecular complexity index is 362. The van der Waals surface area contributed by atoms with E-state index < -0.39 is 0 Å². The fourth-order valence-electron chi connectivity index (χ4n) is 1.67. The van der Waals surface area contributed by atoms with Gasteiger partial charge in [-0.05, 0) is 18.6 Å². The molecule has 0 saturated carbocycles. The van der Waals surface area contributed by atoms with Gasteiger partial charge in [0.2, 0.25) is 0 Å².